The minimum atomic E-state index is -3.88. The summed E-state index contributed by atoms with van der Waals surface area (Å²) in [6.45, 7) is 0. The zero-order chi connectivity index (χ0) is 14.1. The van der Waals surface area contributed by atoms with Gasteiger partial charge >= 0.3 is 0 Å². The minimum absolute atomic E-state index is 0.518. The van der Waals surface area contributed by atoms with Gasteiger partial charge in [0.25, 0.3) is 11.4 Å². The topological polar surface area (TPSA) is 120 Å². The Morgan fingerprint density at radius 2 is 1.56 bits per heavy atom. The Hall–Kier alpha value is -1.26. The molecular formula is C7H4BrClN2O6S. The van der Waals surface area contributed by atoms with Gasteiger partial charge in [0.15, 0.2) is 14.9 Å². The zero-order valence-electron chi connectivity index (χ0n) is 8.37. The Morgan fingerprint density at radius 3 is 1.83 bits per heavy atom. The van der Waals surface area contributed by atoms with Gasteiger partial charge in [-0.25, -0.2) is 8.42 Å². The van der Waals surface area contributed by atoms with E-state index in [1.807, 2.05) is 0 Å². The molecule has 0 aliphatic carbocycles. The number of alkyl halides is 1. The lowest BCUT2D eigenvalue weighted by Crippen LogP contribution is -2.04. The standard InChI is InChI=1S/C7H4BrClN2O6S/c8-3-18(16,17)4-1-5(10(12)13)7(9)6(2-4)11(14)15/h1-2H,3H2. The Balaban J connectivity index is 3.69. The molecule has 0 bridgehead atoms. The first-order valence-electron chi connectivity index (χ1n) is 4.11. The second kappa shape index (κ2) is 5.16. The van der Waals surface area contributed by atoms with Gasteiger partial charge in [0, 0.05) is 12.1 Å². The Labute approximate surface area is 114 Å². The fourth-order valence-corrected chi connectivity index (χ4v) is 2.83. The lowest BCUT2D eigenvalue weighted by molar-refractivity contribution is -0.394. The van der Waals surface area contributed by atoms with E-state index in [0.29, 0.717) is 12.1 Å². The van der Waals surface area contributed by atoms with E-state index in [2.05, 4.69) is 15.9 Å². The number of benzene rings is 1. The molecule has 0 aliphatic rings. The fourth-order valence-electron chi connectivity index (χ4n) is 1.08. The van der Waals surface area contributed by atoms with E-state index in [1.165, 1.54) is 0 Å². The van der Waals surface area contributed by atoms with Gasteiger partial charge in [-0.3, -0.25) is 20.2 Å². The van der Waals surface area contributed by atoms with Crippen molar-refractivity contribution in [1.82, 2.24) is 0 Å². The van der Waals surface area contributed by atoms with Crippen molar-refractivity contribution >= 4 is 48.7 Å². The average molecular weight is 360 g/mol. The first-order valence-corrected chi connectivity index (χ1v) is 7.27. The molecule has 0 aromatic heterocycles. The van der Waals surface area contributed by atoms with E-state index in [4.69, 9.17) is 11.6 Å². The van der Waals surface area contributed by atoms with Gasteiger partial charge in [0.05, 0.1) is 14.7 Å². The van der Waals surface area contributed by atoms with Gasteiger partial charge in [0.1, 0.15) is 4.66 Å². The van der Waals surface area contributed by atoms with Crippen LogP contribution in [0.3, 0.4) is 0 Å². The molecule has 0 N–H and O–H groups in total. The molecule has 0 heterocycles. The summed E-state index contributed by atoms with van der Waals surface area (Å²) in [6.07, 6.45) is 0. The van der Waals surface area contributed by atoms with Crippen LogP contribution in [0.25, 0.3) is 0 Å². The van der Waals surface area contributed by atoms with Crippen LogP contribution in [0.1, 0.15) is 0 Å². The molecule has 18 heavy (non-hydrogen) atoms. The highest BCUT2D eigenvalue weighted by atomic mass is 79.9. The van der Waals surface area contributed by atoms with Crippen molar-refractivity contribution in [3.05, 3.63) is 37.4 Å². The average Bonchev–Trinajstić information content (AvgIpc) is 2.28. The van der Waals surface area contributed by atoms with Crippen LogP contribution < -0.4 is 0 Å². The number of nitro benzene ring substituents is 2. The Morgan fingerprint density at radius 1 is 1.17 bits per heavy atom. The molecule has 0 unspecified atom stereocenters. The Kier molecular flexibility index (Phi) is 4.24. The van der Waals surface area contributed by atoms with Crippen LogP contribution in [0.2, 0.25) is 5.02 Å². The smallest absolute Gasteiger partial charge is 0.258 e. The number of nitrogens with zero attached hydrogens (tertiary/aromatic N) is 2. The van der Waals surface area contributed by atoms with E-state index < -0.39 is 45.6 Å². The largest absolute Gasteiger partial charge is 0.296 e. The first-order chi connectivity index (χ1) is 8.20. The van der Waals surface area contributed by atoms with Crippen molar-refractivity contribution in [2.24, 2.45) is 0 Å². The van der Waals surface area contributed by atoms with Crippen LogP contribution in [0.4, 0.5) is 11.4 Å². The van der Waals surface area contributed by atoms with Crippen LogP contribution in [-0.2, 0) is 9.84 Å². The van der Waals surface area contributed by atoms with Crippen LogP contribution in [0, 0.1) is 20.2 Å². The van der Waals surface area contributed by atoms with Crippen molar-refractivity contribution in [3.8, 4) is 0 Å². The summed E-state index contributed by atoms with van der Waals surface area (Å²) in [5, 5.41) is 20.6. The van der Waals surface area contributed by atoms with Crippen molar-refractivity contribution in [2.45, 2.75) is 4.90 Å². The summed E-state index contributed by atoms with van der Waals surface area (Å²) >= 11 is 8.16. The third kappa shape index (κ3) is 2.76. The third-order valence-corrected chi connectivity index (χ3v) is 5.34. The molecule has 98 valence electrons. The summed E-state index contributed by atoms with van der Waals surface area (Å²) in [7, 11) is -3.88. The van der Waals surface area contributed by atoms with Gasteiger partial charge < -0.3 is 0 Å². The molecule has 8 nitrogen and oxygen atoms in total. The fraction of sp³-hybridized carbons (Fsp3) is 0.143. The van der Waals surface area contributed by atoms with Gasteiger partial charge in [0.2, 0.25) is 0 Å². The van der Waals surface area contributed by atoms with Crippen LogP contribution >= 0.6 is 27.5 Å². The molecule has 0 aliphatic heterocycles. The lowest BCUT2D eigenvalue weighted by atomic mass is 10.3. The van der Waals surface area contributed by atoms with Gasteiger partial charge in [-0.2, -0.15) is 0 Å². The summed E-state index contributed by atoms with van der Waals surface area (Å²) < 4.78 is 22.5. The van der Waals surface area contributed by atoms with E-state index in [0.717, 1.165) is 0 Å². The number of rotatable bonds is 4. The molecule has 0 saturated heterocycles. The summed E-state index contributed by atoms with van der Waals surface area (Å²) in [4.78, 5) is 18.8. The van der Waals surface area contributed by atoms with Gasteiger partial charge in [-0.1, -0.05) is 27.5 Å². The van der Waals surface area contributed by atoms with Crippen LogP contribution in [0.5, 0.6) is 0 Å². The molecule has 1 aromatic rings. The van der Waals surface area contributed by atoms with Gasteiger partial charge in [-0.15, -0.1) is 0 Å². The normalized spacial score (nSPS) is 11.2. The lowest BCUT2D eigenvalue weighted by Gasteiger charge is -2.02. The number of sulfone groups is 1. The quantitative estimate of drug-likeness (QED) is 0.462. The second-order valence-electron chi connectivity index (χ2n) is 3.01. The molecule has 0 radical (unpaired) electrons. The zero-order valence-corrected chi connectivity index (χ0v) is 11.5. The Bertz CT molecular complexity index is 596. The molecule has 0 amide bonds. The highest BCUT2D eigenvalue weighted by molar-refractivity contribution is 9.10. The number of hydrogen-bond donors (Lipinski definition) is 0. The maximum absolute atomic E-state index is 11.5. The van der Waals surface area contributed by atoms with E-state index in [1.54, 1.807) is 0 Å². The molecule has 0 atom stereocenters. The predicted molar refractivity (Wildman–Crippen MR) is 65.7 cm³/mol. The van der Waals surface area contributed by atoms with Crippen molar-refractivity contribution < 1.29 is 18.3 Å². The molecular weight excluding hydrogens is 356 g/mol. The monoisotopic (exact) mass is 358 g/mol. The summed E-state index contributed by atoms with van der Waals surface area (Å²) in [5.41, 5.74) is -1.66. The maximum atomic E-state index is 11.5. The SMILES string of the molecule is O=[N+]([O-])c1cc(S(=O)(=O)CBr)cc([N+](=O)[O-])c1Cl. The van der Waals surface area contributed by atoms with E-state index in [-0.39, 0.29) is 0 Å². The second-order valence-corrected chi connectivity index (χ2v) is 6.68. The number of nitro groups is 2. The number of halogens is 2. The molecule has 1 rings (SSSR count). The highest BCUT2D eigenvalue weighted by Gasteiger charge is 2.28. The molecule has 11 heteroatoms. The molecule has 0 fully saturated rings. The highest BCUT2D eigenvalue weighted by Crippen LogP contribution is 2.36. The molecule has 0 saturated carbocycles. The van der Waals surface area contributed by atoms with E-state index in [9.17, 15) is 28.6 Å². The molecule has 0 spiro atoms. The molecule has 1 aromatic carbocycles. The van der Waals surface area contributed by atoms with Crippen molar-refractivity contribution in [1.29, 1.82) is 0 Å². The van der Waals surface area contributed by atoms with Crippen molar-refractivity contribution in [3.63, 3.8) is 0 Å². The predicted octanol–water partition coefficient (Wildman–Crippen LogP) is 2.28. The van der Waals surface area contributed by atoms with Crippen molar-refractivity contribution in [2.75, 3.05) is 4.66 Å². The van der Waals surface area contributed by atoms with Crippen LogP contribution in [-0.4, -0.2) is 22.9 Å². The van der Waals surface area contributed by atoms with Crippen LogP contribution in [0.15, 0.2) is 17.0 Å². The minimum Gasteiger partial charge on any atom is -0.258 e. The summed E-state index contributed by atoms with van der Waals surface area (Å²) in [6, 6.07) is 1.37. The number of hydrogen-bond acceptors (Lipinski definition) is 6. The third-order valence-electron chi connectivity index (χ3n) is 1.90. The van der Waals surface area contributed by atoms with E-state index >= 15 is 0 Å². The first kappa shape index (κ1) is 14.8. The van der Waals surface area contributed by atoms with Gasteiger partial charge in [-0.05, 0) is 0 Å². The maximum Gasteiger partial charge on any atom is 0.296 e. The summed E-state index contributed by atoms with van der Waals surface area (Å²) in [5.74, 6) is 0.